The maximum Gasteiger partial charge on any atom is 0.408 e. The summed E-state index contributed by atoms with van der Waals surface area (Å²) < 4.78 is 38.7. The molecule has 2 unspecified atom stereocenters. The third-order valence-electron chi connectivity index (χ3n) is 3.92. The van der Waals surface area contributed by atoms with Gasteiger partial charge < -0.3 is 10.4 Å². The van der Waals surface area contributed by atoms with Gasteiger partial charge in [0.1, 0.15) is 6.54 Å². The average Bonchev–Trinajstić information content (AvgIpc) is 2.69. The van der Waals surface area contributed by atoms with Crippen molar-refractivity contribution in [1.29, 1.82) is 0 Å². The van der Waals surface area contributed by atoms with E-state index in [1.54, 1.807) is 13.8 Å². The van der Waals surface area contributed by atoms with Crippen LogP contribution < -0.4 is 5.32 Å². The standard InChI is InChI=1S/C16H26F3N3O2/c1-9(2)6-13(7-23)20-15(24)10(3)14-11(4)21-22(12(14)5)8-16(17,18)19/h9-10,13,23H,6-8H2,1-5H3,(H,20,24). The summed E-state index contributed by atoms with van der Waals surface area (Å²) in [7, 11) is 0. The number of aryl methyl sites for hydroxylation is 1. The first-order valence-corrected chi connectivity index (χ1v) is 7.98. The minimum atomic E-state index is -4.37. The Morgan fingerprint density at radius 2 is 1.88 bits per heavy atom. The van der Waals surface area contributed by atoms with Crippen LogP contribution in [0.3, 0.4) is 0 Å². The number of nitrogens with zero attached hydrogens (tertiary/aromatic N) is 2. The van der Waals surface area contributed by atoms with Gasteiger partial charge in [-0.1, -0.05) is 13.8 Å². The van der Waals surface area contributed by atoms with Crippen molar-refractivity contribution in [3.05, 3.63) is 17.0 Å². The maximum atomic E-state index is 12.6. The van der Waals surface area contributed by atoms with Crippen LogP contribution in [0.15, 0.2) is 0 Å². The molecule has 1 amide bonds. The monoisotopic (exact) mass is 349 g/mol. The van der Waals surface area contributed by atoms with Gasteiger partial charge in [0.15, 0.2) is 0 Å². The highest BCUT2D eigenvalue weighted by molar-refractivity contribution is 5.84. The number of halogens is 3. The predicted octanol–water partition coefficient (Wildman–Crippen LogP) is 2.69. The lowest BCUT2D eigenvalue weighted by molar-refractivity contribution is -0.143. The molecule has 138 valence electrons. The van der Waals surface area contributed by atoms with E-state index in [0.717, 1.165) is 4.68 Å². The summed E-state index contributed by atoms with van der Waals surface area (Å²) in [6.45, 7) is 7.36. The molecule has 0 spiro atoms. The molecule has 0 aliphatic rings. The summed E-state index contributed by atoms with van der Waals surface area (Å²) >= 11 is 0. The van der Waals surface area contributed by atoms with Gasteiger partial charge in [-0.3, -0.25) is 9.48 Å². The smallest absolute Gasteiger partial charge is 0.394 e. The Labute approximate surface area is 140 Å². The van der Waals surface area contributed by atoms with E-state index in [-0.39, 0.29) is 18.6 Å². The number of amides is 1. The number of aliphatic hydroxyl groups is 1. The number of nitrogens with one attached hydrogen (secondary N) is 1. The Bertz CT molecular complexity index is 568. The molecule has 0 fully saturated rings. The first kappa shape index (κ1) is 20.5. The van der Waals surface area contributed by atoms with E-state index < -0.39 is 18.6 Å². The number of carbonyl (C=O) groups is 1. The zero-order chi connectivity index (χ0) is 18.7. The lowest BCUT2D eigenvalue weighted by Crippen LogP contribution is -2.40. The third kappa shape index (κ3) is 5.51. The summed E-state index contributed by atoms with van der Waals surface area (Å²) in [5.41, 5.74) is 1.23. The maximum absolute atomic E-state index is 12.6. The molecule has 2 N–H and O–H groups in total. The zero-order valence-corrected chi connectivity index (χ0v) is 14.7. The second-order valence-corrected chi connectivity index (χ2v) is 6.60. The summed E-state index contributed by atoms with van der Waals surface area (Å²) in [5.74, 6) is -0.670. The molecular weight excluding hydrogens is 323 g/mol. The van der Waals surface area contributed by atoms with Crippen LogP contribution in [0, 0.1) is 19.8 Å². The van der Waals surface area contributed by atoms with Crippen LogP contribution >= 0.6 is 0 Å². The van der Waals surface area contributed by atoms with Gasteiger partial charge in [-0.2, -0.15) is 18.3 Å². The molecule has 1 aromatic rings. The summed E-state index contributed by atoms with van der Waals surface area (Å²) in [5, 5.41) is 16.0. The van der Waals surface area contributed by atoms with Crippen LogP contribution in [0.25, 0.3) is 0 Å². The highest BCUT2D eigenvalue weighted by Gasteiger charge is 2.32. The van der Waals surface area contributed by atoms with Gasteiger partial charge in [-0.15, -0.1) is 0 Å². The van der Waals surface area contributed by atoms with Gasteiger partial charge >= 0.3 is 6.18 Å². The Hall–Kier alpha value is -1.57. The van der Waals surface area contributed by atoms with Crippen molar-refractivity contribution in [2.75, 3.05) is 6.61 Å². The number of alkyl halides is 3. The van der Waals surface area contributed by atoms with E-state index >= 15 is 0 Å². The SMILES string of the molecule is Cc1nn(CC(F)(F)F)c(C)c1C(C)C(=O)NC(CO)CC(C)C. The molecule has 0 bridgehead atoms. The molecule has 0 saturated carbocycles. The molecule has 1 aromatic heterocycles. The normalized spacial score (nSPS) is 14.8. The fraction of sp³-hybridized carbons (Fsp3) is 0.750. The van der Waals surface area contributed by atoms with Crippen molar-refractivity contribution in [3.8, 4) is 0 Å². The lowest BCUT2D eigenvalue weighted by atomic mass is 9.97. The predicted molar refractivity (Wildman–Crippen MR) is 84.6 cm³/mol. The highest BCUT2D eigenvalue weighted by atomic mass is 19.4. The first-order chi connectivity index (χ1) is 11.0. The number of aliphatic hydroxyl groups excluding tert-OH is 1. The fourth-order valence-electron chi connectivity index (χ4n) is 2.87. The Balaban J connectivity index is 2.94. The lowest BCUT2D eigenvalue weighted by Gasteiger charge is -2.21. The number of hydrogen-bond acceptors (Lipinski definition) is 3. The van der Waals surface area contributed by atoms with Gasteiger partial charge in [0.25, 0.3) is 0 Å². The largest absolute Gasteiger partial charge is 0.408 e. The van der Waals surface area contributed by atoms with Crippen LogP contribution in [0.4, 0.5) is 13.2 Å². The molecule has 0 aliphatic carbocycles. The Morgan fingerprint density at radius 1 is 1.29 bits per heavy atom. The van der Waals surface area contributed by atoms with E-state index in [0.29, 0.717) is 29.3 Å². The van der Waals surface area contributed by atoms with Crippen molar-refractivity contribution >= 4 is 5.91 Å². The molecule has 0 aliphatic heterocycles. The molecule has 1 heterocycles. The van der Waals surface area contributed by atoms with E-state index in [4.69, 9.17) is 0 Å². The molecule has 2 atom stereocenters. The van der Waals surface area contributed by atoms with Crippen LogP contribution in [0.5, 0.6) is 0 Å². The summed E-state index contributed by atoms with van der Waals surface area (Å²) in [6, 6.07) is -0.370. The number of carbonyl (C=O) groups excluding carboxylic acids is 1. The minimum Gasteiger partial charge on any atom is -0.394 e. The van der Waals surface area contributed by atoms with Gasteiger partial charge in [0, 0.05) is 11.3 Å². The number of hydrogen-bond donors (Lipinski definition) is 2. The van der Waals surface area contributed by atoms with Crippen molar-refractivity contribution in [2.45, 2.75) is 65.7 Å². The van der Waals surface area contributed by atoms with Crippen LogP contribution in [0.2, 0.25) is 0 Å². The molecule has 24 heavy (non-hydrogen) atoms. The van der Waals surface area contributed by atoms with E-state index in [1.165, 1.54) is 6.92 Å². The van der Waals surface area contributed by atoms with Crippen LogP contribution in [0.1, 0.15) is 50.1 Å². The molecular formula is C16H26F3N3O2. The van der Waals surface area contributed by atoms with Crippen LogP contribution in [-0.2, 0) is 11.3 Å². The summed E-state index contributed by atoms with van der Waals surface area (Å²) in [6.07, 6.45) is -3.74. The number of rotatable bonds is 7. The third-order valence-corrected chi connectivity index (χ3v) is 3.92. The molecule has 0 saturated heterocycles. The molecule has 5 nitrogen and oxygen atoms in total. The van der Waals surface area contributed by atoms with Gasteiger partial charge in [0.05, 0.1) is 24.3 Å². The van der Waals surface area contributed by atoms with Crippen LogP contribution in [-0.4, -0.2) is 39.6 Å². The Morgan fingerprint density at radius 3 is 2.33 bits per heavy atom. The van der Waals surface area contributed by atoms with Crippen molar-refractivity contribution in [1.82, 2.24) is 15.1 Å². The van der Waals surface area contributed by atoms with Crippen molar-refractivity contribution < 1.29 is 23.1 Å². The van der Waals surface area contributed by atoms with Crippen molar-refractivity contribution in [2.24, 2.45) is 5.92 Å². The van der Waals surface area contributed by atoms with Gasteiger partial charge in [-0.05, 0) is 33.1 Å². The second-order valence-electron chi connectivity index (χ2n) is 6.60. The van der Waals surface area contributed by atoms with E-state index in [2.05, 4.69) is 10.4 Å². The zero-order valence-electron chi connectivity index (χ0n) is 14.7. The minimum absolute atomic E-state index is 0.179. The molecule has 0 radical (unpaired) electrons. The molecule has 8 heteroatoms. The van der Waals surface area contributed by atoms with Crippen molar-refractivity contribution in [3.63, 3.8) is 0 Å². The van der Waals surface area contributed by atoms with Gasteiger partial charge in [0.2, 0.25) is 5.91 Å². The quantitative estimate of drug-likeness (QED) is 0.795. The summed E-state index contributed by atoms with van der Waals surface area (Å²) in [4.78, 5) is 12.4. The highest BCUT2D eigenvalue weighted by Crippen LogP contribution is 2.26. The first-order valence-electron chi connectivity index (χ1n) is 7.98. The van der Waals surface area contributed by atoms with E-state index in [9.17, 15) is 23.1 Å². The topological polar surface area (TPSA) is 67.2 Å². The second kappa shape index (κ2) is 8.00. The average molecular weight is 349 g/mol. The van der Waals surface area contributed by atoms with E-state index in [1.807, 2.05) is 13.8 Å². The fourth-order valence-corrected chi connectivity index (χ4v) is 2.87. The number of aromatic nitrogens is 2. The molecule has 1 rings (SSSR count). The Kier molecular flexibility index (Phi) is 6.83. The van der Waals surface area contributed by atoms with Gasteiger partial charge in [-0.25, -0.2) is 0 Å². The molecule has 0 aromatic carbocycles.